The molecule has 1 atom stereocenters. The van der Waals surface area contributed by atoms with Crippen LogP contribution >= 0.6 is 0 Å². The smallest absolute Gasteiger partial charge is 0.338 e. The SMILES string of the molecule is C=CC(=O)OCCCCOCC(COc1ccc(C(=O)OC2CCC(OC(=O)c3ccc(OCOC(=O)C=C)cc3)CC2)cc1)OC(=O)C=C. The lowest BCUT2D eigenvalue weighted by Crippen LogP contribution is -2.30. The Morgan fingerprint density at radius 2 is 1.10 bits per heavy atom. The number of carbonyl (C=O) groups is 5. The van der Waals surface area contributed by atoms with Crippen molar-refractivity contribution in [1.29, 1.82) is 0 Å². The third kappa shape index (κ3) is 14.4. The van der Waals surface area contributed by atoms with Crippen LogP contribution in [0.5, 0.6) is 11.5 Å². The van der Waals surface area contributed by atoms with Crippen LogP contribution in [0.15, 0.2) is 86.5 Å². The van der Waals surface area contributed by atoms with Gasteiger partial charge < -0.3 is 37.9 Å². The lowest BCUT2D eigenvalue weighted by molar-refractivity contribution is -0.148. The molecule has 1 saturated carbocycles. The minimum absolute atomic E-state index is 0.00286. The van der Waals surface area contributed by atoms with Crippen LogP contribution < -0.4 is 9.47 Å². The Balaban J connectivity index is 1.36. The van der Waals surface area contributed by atoms with E-state index < -0.39 is 36.0 Å². The summed E-state index contributed by atoms with van der Waals surface area (Å²) < 4.78 is 43.0. The van der Waals surface area contributed by atoms with Gasteiger partial charge in [-0.15, -0.1) is 0 Å². The molecule has 268 valence electrons. The number of carbonyl (C=O) groups excluding carboxylic acids is 5. The molecule has 1 aliphatic carbocycles. The van der Waals surface area contributed by atoms with E-state index >= 15 is 0 Å². The standard InChI is InChI=1S/C37H42O13/c1-4-33(38)44-22-8-7-21-43-23-32(48-35(40)6-3)24-45-28-13-9-26(10-14-28)36(41)49-30-17-19-31(20-18-30)50-37(42)27-11-15-29(16-12-27)46-25-47-34(39)5-2/h4-6,9-16,30-32H,1-3,7-8,17-25H2. The van der Waals surface area contributed by atoms with Gasteiger partial charge in [-0.2, -0.15) is 0 Å². The molecule has 0 bridgehead atoms. The van der Waals surface area contributed by atoms with Gasteiger partial charge in [0.15, 0.2) is 6.10 Å². The van der Waals surface area contributed by atoms with E-state index in [0.717, 1.165) is 18.2 Å². The molecule has 1 fully saturated rings. The maximum atomic E-state index is 12.8. The second-order valence-corrected chi connectivity index (χ2v) is 10.9. The van der Waals surface area contributed by atoms with Crippen LogP contribution in [0.1, 0.15) is 59.2 Å². The number of esters is 5. The van der Waals surface area contributed by atoms with Crippen molar-refractivity contribution in [3.8, 4) is 11.5 Å². The topological polar surface area (TPSA) is 159 Å². The molecule has 0 N–H and O–H groups in total. The van der Waals surface area contributed by atoms with Crippen LogP contribution in [0.3, 0.4) is 0 Å². The van der Waals surface area contributed by atoms with E-state index in [1.807, 2.05) is 0 Å². The van der Waals surface area contributed by atoms with Crippen molar-refractivity contribution in [2.45, 2.75) is 56.8 Å². The highest BCUT2D eigenvalue weighted by atomic mass is 16.7. The van der Waals surface area contributed by atoms with E-state index in [2.05, 4.69) is 19.7 Å². The highest BCUT2D eigenvalue weighted by Gasteiger charge is 2.27. The summed E-state index contributed by atoms with van der Waals surface area (Å²) in [5.74, 6) is -1.80. The van der Waals surface area contributed by atoms with Crippen LogP contribution in [-0.4, -0.2) is 81.4 Å². The van der Waals surface area contributed by atoms with Gasteiger partial charge in [-0.05, 0) is 87.1 Å². The van der Waals surface area contributed by atoms with Crippen LogP contribution in [0.25, 0.3) is 0 Å². The maximum absolute atomic E-state index is 12.8. The predicted octanol–water partition coefficient (Wildman–Crippen LogP) is 5.08. The summed E-state index contributed by atoms with van der Waals surface area (Å²) in [6, 6.07) is 12.6. The first-order chi connectivity index (χ1) is 24.2. The Bertz CT molecular complexity index is 1440. The maximum Gasteiger partial charge on any atom is 0.338 e. The molecule has 2 aromatic carbocycles. The van der Waals surface area contributed by atoms with Gasteiger partial charge in [0.1, 0.15) is 30.3 Å². The molecular formula is C37H42O13. The van der Waals surface area contributed by atoms with Gasteiger partial charge >= 0.3 is 29.8 Å². The van der Waals surface area contributed by atoms with E-state index in [9.17, 15) is 24.0 Å². The average molecular weight is 695 g/mol. The van der Waals surface area contributed by atoms with Crippen molar-refractivity contribution in [3.05, 3.63) is 97.6 Å². The normalized spacial score (nSPS) is 15.7. The zero-order valence-corrected chi connectivity index (χ0v) is 27.8. The lowest BCUT2D eigenvalue weighted by atomic mass is 9.95. The molecule has 13 nitrogen and oxygen atoms in total. The van der Waals surface area contributed by atoms with Crippen LogP contribution in [0.2, 0.25) is 0 Å². The first-order valence-corrected chi connectivity index (χ1v) is 16.1. The molecule has 0 radical (unpaired) electrons. The molecular weight excluding hydrogens is 652 g/mol. The van der Waals surface area contributed by atoms with Crippen LogP contribution in [0.4, 0.5) is 0 Å². The van der Waals surface area contributed by atoms with Gasteiger partial charge in [-0.25, -0.2) is 24.0 Å². The van der Waals surface area contributed by atoms with E-state index in [-0.39, 0.29) is 38.8 Å². The highest BCUT2D eigenvalue weighted by Crippen LogP contribution is 2.26. The molecule has 3 rings (SSSR count). The van der Waals surface area contributed by atoms with Crippen molar-refractivity contribution in [2.75, 3.05) is 33.2 Å². The Kier molecular flexibility index (Phi) is 16.8. The number of ether oxygens (including phenoxy) is 8. The van der Waals surface area contributed by atoms with E-state index in [0.29, 0.717) is 67.8 Å². The van der Waals surface area contributed by atoms with E-state index in [4.69, 9.17) is 37.9 Å². The first kappa shape index (κ1) is 39.0. The van der Waals surface area contributed by atoms with Crippen molar-refractivity contribution < 1.29 is 61.9 Å². The van der Waals surface area contributed by atoms with Crippen LogP contribution in [-0.2, 0) is 42.8 Å². The summed E-state index contributed by atoms with van der Waals surface area (Å²) in [5.41, 5.74) is 0.689. The fourth-order valence-electron chi connectivity index (χ4n) is 4.57. The van der Waals surface area contributed by atoms with Crippen molar-refractivity contribution >= 4 is 29.8 Å². The van der Waals surface area contributed by atoms with Crippen molar-refractivity contribution in [1.82, 2.24) is 0 Å². The summed E-state index contributed by atoms with van der Waals surface area (Å²) in [6.07, 6.45) is 5.24. The van der Waals surface area contributed by atoms with E-state index in [1.165, 1.54) is 0 Å². The Labute approximate surface area is 290 Å². The minimum atomic E-state index is -0.708. The predicted molar refractivity (Wildman–Crippen MR) is 178 cm³/mol. The average Bonchev–Trinajstić information content (AvgIpc) is 3.14. The molecule has 13 heteroatoms. The largest absolute Gasteiger partial charge is 0.490 e. The fourth-order valence-corrected chi connectivity index (χ4v) is 4.57. The second kappa shape index (κ2) is 21.5. The third-order valence-corrected chi connectivity index (χ3v) is 7.23. The summed E-state index contributed by atoms with van der Waals surface area (Å²) in [5, 5.41) is 0. The Morgan fingerprint density at radius 3 is 1.62 bits per heavy atom. The number of hydrogen-bond donors (Lipinski definition) is 0. The summed E-state index contributed by atoms with van der Waals surface area (Å²) in [4.78, 5) is 59.3. The zero-order valence-electron chi connectivity index (χ0n) is 27.8. The minimum Gasteiger partial charge on any atom is -0.490 e. The monoisotopic (exact) mass is 694 g/mol. The van der Waals surface area contributed by atoms with E-state index in [1.54, 1.807) is 48.5 Å². The van der Waals surface area contributed by atoms with Gasteiger partial charge in [0.05, 0.1) is 24.3 Å². The van der Waals surface area contributed by atoms with Crippen molar-refractivity contribution in [3.63, 3.8) is 0 Å². The first-order valence-electron chi connectivity index (χ1n) is 16.1. The number of benzene rings is 2. The molecule has 0 aromatic heterocycles. The Morgan fingerprint density at radius 1 is 0.620 bits per heavy atom. The quantitative estimate of drug-likeness (QED) is 0.0560. The van der Waals surface area contributed by atoms with Gasteiger partial charge in [0.2, 0.25) is 6.79 Å². The zero-order chi connectivity index (χ0) is 36.1. The van der Waals surface area contributed by atoms with Gasteiger partial charge in [0, 0.05) is 24.8 Å². The highest BCUT2D eigenvalue weighted by molar-refractivity contribution is 5.90. The lowest BCUT2D eigenvalue weighted by Gasteiger charge is -2.28. The number of unbranched alkanes of at least 4 members (excludes halogenated alkanes) is 1. The molecule has 50 heavy (non-hydrogen) atoms. The molecule has 2 aromatic rings. The summed E-state index contributed by atoms with van der Waals surface area (Å²) in [7, 11) is 0. The fraction of sp³-hybridized carbons (Fsp3) is 0.378. The van der Waals surface area contributed by atoms with Gasteiger partial charge in [-0.1, -0.05) is 19.7 Å². The Hall–Kier alpha value is -5.43. The molecule has 0 heterocycles. The molecule has 0 saturated heterocycles. The second-order valence-electron chi connectivity index (χ2n) is 10.9. The van der Waals surface area contributed by atoms with Crippen LogP contribution in [0, 0.1) is 0 Å². The molecule has 0 spiro atoms. The van der Waals surface area contributed by atoms with Gasteiger partial charge in [-0.3, -0.25) is 0 Å². The van der Waals surface area contributed by atoms with Crippen molar-refractivity contribution in [2.24, 2.45) is 0 Å². The third-order valence-electron chi connectivity index (χ3n) is 7.23. The molecule has 0 amide bonds. The number of hydrogen-bond acceptors (Lipinski definition) is 13. The molecule has 1 aliphatic rings. The summed E-state index contributed by atoms with van der Waals surface area (Å²) in [6.45, 7) is 10.5. The molecule has 0 aliphatic heterocycles. The molecule has 1 unspecified atom stereocenters. The number of rotatable bonds is 21. The van der Waals surface area contributed by atoms with Gasteiger partial charge in [0.25, 0.3) is 0 Å². The summed E-state index contributed by atoms with van der Waals surface area (Å²) >= 11 is 0.